The lowest BCUT2D eigenvalue weighted by Crippen LogP contribution is -2.04. The van der Waals surface area contributed by atoms with E-state index in [2.05, 4.69) is 4.74 Å². The van der Waals surface area contributed by atoms with Gasteiger partial charge in [0.2, 0.25) is 0 Å². The molecular weight excluding hydrogens is 203 g/mol. The van der Waals surface area contributed by atoms with Crippen LogP contribution in [0.2, 0.25) is 0 Å². The molecule has 0 bridgehead atoms. The monoisotopic (exact) mass is 210 g/mol. The lowest BCUT2D eigenvalue weighted by Gasteiger charge is -1.99. The number of rotatable bonds is 3. The van der Waals surface area contributed by atoms with Gasteiger partial charge in [0.25, 0.3) is 0 Å². The Bertz CT molecular complexity index is 394. The van der Waals surface area contributed by atoms with Crippen molar-refractivity contribution >= 4 is 11.9 Å². The van der Waals surface area contributed by atoms with Gasteiger partial charge in [0, 0.05) is 12.2 Å². The highest BCUT2D eigenvalue weighted by Gasteiger charge is 2.01. The van der Waals surface area contributed by atoms with Crippen LogP contribution in [0.3, 0.4) is 0 Å². The van der Waals surface area contributed by atoms with Crippen LogP contribution in [0.15, 0.2) is 36.4 Å². The molecule has 0 amide bonds. The van der Waals surface area contributed by atoms with Gasteiger partial charge >= 0.3 is 11.9 Å². The van der Waals surface area contributed by atoms with E-state index >= 15 is 0 Å². The van der Waals surface area contributed by atoms with E-state index in [-0.39, 0.29) is 5.75 Å². The second-order valence-corrected chi connectivity index (χ2v) is 2.55. The van der Waals surface area contributed by atoms with Crippen molar-refractivity contribution in [2.75, 3.05) is 0 Å². The summed E-state index contributed by atoms with van der Waals surface area (Å²) in [4.78, 5) is 21.0. The number of hydrogen-bond acceptors (Lipinski definition) is 3. The van der Waals surface area contributed by atoms with Crippen LogP contribution in [0.4, 0.5) is 4.39 Å². The molecule has 4 nitrogen and oxygen atoms in total. The topological polar surface area (TPSA) is 63.6 Å². The molecule has 0 heterocycles. The van der Waals surface area contributed by atoms with Crippen LogP contribution < -0.4 is 4.74 Å². The molecule has 0 unspecified atom stereocenters. The minimum atomic E-state index is -1.24. The van der Waals surface area contributed by atoms with Crippen molar-refractivity contribution < 1.29 is 23.8 Å². The molecule has 15 heavy (non-hydrogen) atoms. The first-order chi connectivity index (χ1) is 7.08. The van der Waals surface area contributed by atoms with Crippen molar-refractivity contribution in [1.82, 2.24) is 0 Å². The highest BCUT2D eigenvalue weighted by atomic mass is 19.1. The Kier molecular flexibility index (Phi) is 3.56. The normalized spacial score (nSPS) is 10.2. The summed E-state index contributed by atoms with van der Waals surface area (Å²) in [6.45, 7) is 0. The van der Waals surface area contributed by atoms with Gasteiger partial charge in [-0.15, -0.1) is 0 Å². The van der Waals surface area contributed by atoms with Crippen LogP contribution in [0, 0.1) is 5.82 Å². The molecule has 78 valence electrons. The third kappa shape index (κ3) is 4.04. The molecule has 5 heteroatoms. The molecular formula is C10H7FO4. The van der Waals surface area contributed by atoms with Crippen molar-refractivity contribution in [1.29, 1.82) is 0 Å². The SMILES string of the molecule is O=C(O)/C=C/C(=O)Oc1ccc(F)cc1. The Morgan fingerprint density at radius 1 is 1.20 bits per heavy atom. The minimum Gasteiger partial charge on any atom is -0.478 e. The first kappa shape index (κ1) is 10.9. The Hall–Kier alpha value is -2.17. The van der Waals surface area contributed by atoms with Crippen LogP contribution in [0.1, 0.15) is 0 Å². The lowest BCUT2D eigenvalue weighted by atomic mass is 10.3. The summed E-state index contributed by atoms with van der Waals surface area (Å²) < 4.78 is 17.1. The number of halogens is 1. The van der Waals surface area contributed by atoms with E-state index in [1.54, 1.807) is 0 Å². The van der Waals surface area contributed by atoms with Crippen molar-refractivity contribution in [2.45, 2.75) is 0 Å². The molecule has 1 N–H and O–H groups in total. The minimum absolute atomic E-state index is 0.149. The summed E-state index contributed by atoms with van der Waals surface area (Å²) in [7, 11) is 0. The molecule has 0 aliphatic rings. The molecule has 0 aromatic heterocycles. The first-order valence-corrected chi connectivity index (χ1v) is 3.96. The van der Waals surface area contributed by atoms with Crippen molar-refractivity contribution in [2.24, 2.45) is 0 Å². The predicted octanol–water partition coefficient (Wildman–Crippen LogP) is 1.37. The van der Waals surface area contributed by atoms with E-state index in [1.807, 2.05) is 0 Å². The summed E-state index contributed by atoms with van der Waals surface area (Å²) in [5.41, 5.74) is 0. The Labute approximate surface area is 84.6 Å². The zero-order valence-electron chi connectivity index (χ0n) is 7.51. The van der Waals surface area contributed by atoms with Gasteiger partial charge in [-0.1, -0.05) is 0 Å². The number of carboxylic acids is 1. The van der Waals surface area contributed by atoms with Gasteiger partial charge in [0.1, 0.15) is 11.6 Å². The number of benzene rings is 1. The van der Waals surface area contributed by atoms with E-state index in [4.69, 9.17) is 5.11 Å². The second kappa shape index (κ2) is 4.90. The van der Waals surface area contributed by atoms with Gasteiger partial charge in [-0.25, -0.2) is 14.0 Å². The number of carboxylic acid groups (broad SMARTS) is 1. The number of hydrogen-bond donors (Lipinski definition) is 1. The fraction of sp³-hybridized carbons (Fsp3) is 0. The van der Waals surface area contributed by atoms with E-state index in [0.29, 0.717) is 6.08 Å². The van der Waals surface area contributed by atoms with Gasteiger partial charge in [-0.2, -0.15) is 0 Å². The quantitative estimate of drug-likeness (QED) is 0.465. The van der Waals surface area contributed by atoms with Crippen molar-refractivity contribution in [3.63, 3.8) is 0 Å². The molecule has 0 atom stereocenters. The van der Waals surface area contributed by atoms with Crippen molar-refractivity contribution in [3.8, 4) is 5.75 Å². The third-order valence-corrected chi connectivity index (χ3v) is 1.39. The highest BCUT2D eigenvalue weighted by Crippen LogP contribution is 2.11. The van der Waals surface area contributed by atoms with Crippen LogP contribution in [0.25, 0.3) is 0 Å². The number of aliphatic carboxylic acids is 1. The predicted molar refractivity (Wildman–Crippen MR) is 48.8 cm³/mol. The van der Waals surface area contributed by atoms with Gasteiger partial charge in [-0.3, -0.25) is 0 Å². The van der Waals surface area contributed by atoms with Crippen LogP contribution in [0.5, 0.6) is 5.75 Å². The van der Waals surface area contributed by atoms with Crippen LogP contribution in [-0.2, 0) is 9.59 Å². The maximum atomic E-state index is 12.4. The molecule has 0 spiro atoms. The van der Waals surface area contributed by atoms with E-state index in [9.17, 15) is 14.0 Å². The fourth-order valence-electron chi connectivity index (χ4n) is 0.792. The third-order valence-electron chi connectivity index (χ3n) is 1.39. The van der Waals surface area contributed by atoms with Crippen molar-refractivity contribution in [3.05, 3.63) is 42.2 Å². The molecule has 0 aliphatic carbocycles. The molecule has 0 fully saturated rings. The average molecular weight is 210 g/mol. The second-order valence-electron chi connectivity index (χ2n) is 2.55. The first-order valence-electron chi connectivity index (χ1n) is 3.96. The highest BCUT2D eigenvalue weighted by molar-refractivity contribution is 5.91. The summed E-state index contributed by atoms with van der Waals surface area (Å²) >= 11 is 0. The van der Waals surface area contributed by atoms with Gasteiger partial charge < -0.3 is 9.84 Å². The van der Waals surface area contributed by atoms with Crippen LogP contribution in [-0.4, -0.2) is 17.0 Å². The average Bonchev–Trinajstić information content (AvgIpc) is 2.19. The number of esters is 1. The zero-order chi connectivity index (χ0) is 11.3. The maximum Gasteiger partial charge on any atom is 0.336 e. The summed E-state index contributed by atoms with van der Waals surface area (Å²) in [5.74, 6) is -2.37. The van der Waals surface area contributed by atoms with Gasteiger partial charge in [-0.05, 0) is 24.3 Å². The molecule has 1 aromatic rings. The Balaban J connectivity index is 2.59. The zero-order valence-corrected chi connectivity index (χ0v) is 7.51. The smallest absolute Gasteiger partial charge is 0.336 e. The summed E-state index contributed by atoms with van der Waals surface area (Å²) in [6.07, 6.45) is 1.43. The fourth-order valence-corrected chi connectivity index (χ4v) is 0.792. The van der Waals surface area contributed by atoms with Gasteiger partial charge in [0.05, 0.1) is 0 Å². The Morgan fingerprint density at radius 3 is 2.33 bits per heavy atom. The van der Waals surface area contributed by atoms with E-state index < -0.39 is 17.8 Å². The lowest BCUT2D eigenvalue weighted by molar-refractivity contribution is -0.133. The summed E-state index contributed by atoms with van der Waals surface area (Å²) in [5, 5.41) is 8.22. The molecule has 1 aromatic carbocycles. The number of ether oxygens (including phenoxy) is 1. The Morgan fingerprint density at radius 2 is 1.80 bits per heavy atom. The van der Waals surface area contributed by atoms with Crippen LogP contribution >= 0.6 is 0 Å². The standard InChI is InChI=1S/C10H7FO4/c11-7-1-3-8(4-2-7)15-10(14)6-5-9(12)13/h1-6H,(H,12,13)/b6-5+. The largest absolute Gasteiger partial charge is 0.478 e. The molecule has 0 aliphatic heterocycles. The van der Waals surface area contributed by atoms with E-state index in [0.717, 1.165) is 18.2 Å². The maximum absolute atomic E-state index is 12.4. The number of carbonyl (C=O) groups is 2. The molecule has 0 radical (unpaired) electrons. The molecule has 0 saturated heterocycles. The van der Waals surface area contributed by atoms with Gasteiger partial charge in [0.15, 0.2) is 0 Å². The van der Waals surface area contributed by atoms with E-state index in [1.165, 1.54) is 12.1 Å². The summed E-state index contributed by atoms with van der Waals surface area (Å²) in [6, 6.07) is 4.79. The molecule has 0 saturated carbocycles. The molecule has 1 rings (SSSR count). The number of carbonyl (C=O) groups excluding carboxylic acids is 1.